The van der Waals surface area contributed by atoms with Gasteiger partial charge in [-0.3, -0.25) is 33.6 Å². The highest BCUT2D eigenvalue weighted by molar-refractivity contribution is 5.99. The third kappa shape index (κ3) is 13.5. The maximum Gasteiger partial charge on any atom is 0.254 e. The molecule has 1 fully saturated rings. The Morgan fingerprint density at radius 2 is 1.21 bits per heavy atom. The number of carbonyl (C=O) groups excluding carboxylic acids is 7. The predicted octanol–water partition coefficient (Wildman–Crippen LogP) is 6.15. The van der Waals surface area contributed by atoms with Gasteiger partial charge in [0, 0.05) is 42.4 Å². The average molecular weight is 1070 g/mol. The summed E-state index contributed by atoms with van der Waals surface area (Å²) in [5.41, 5.74) is 3.41. The molecule has 2 heterocycles. The second-order valence-corrected chi connectivity index (χ2v) is 23.5. The molecule has 0 bridgehead atoms. The summed E-state index contributed by atoms with van der Waals surface area (Å²) in [4.78, 5) is 105. The summed E-state index contributed by atoms with van der Waals surface area (Å²) in [6.45, 7) is 16.6. The Morgan fingerprint density at radius 3 is 1.79 bits per heavy atom. The molecule has 418 valence electrons. The first kappa shape index (κ1) is 58.7. The van der Waals surface area contributed by atoms with Crippen LogP contribution in [0.5, 0.6) is 0 Å². The second-order valence-electron chi connectivity index (χ2n) is 23.5. The van der Waals surface area contributed by atoms with E-state index in [1.165, 1.54) is 35.2 Å². The molecule has 16 nitrogen and oxygen atoms in total. The molecule has 7 rings (SSSR count). The molecule has 7 amide bonds. The number of likely N-dealkylation sites (N-methyl/N-ethyl adjacent to an activating group) is 2. The molecule has 0 aromatic heterocycles. The average Bonchev–Trinajstić information content (AvgIpc) is 3.94. The summed E-state index contributed by atoms with van der Waals surface area (Å²) in [7, 11) is 3.33. The minimum Gasteiger partial charge on any atom is -0.347 e. The lowest BCUT2D eigenvalue weighted by atomic mass is 9.84. The first-order chi connectivity index (χ1) is 36.9. The van der Waals surface area contributed by atoms with Crippen LogP contribution in [-0.2, 0) is 43.4 Å². The Hall–Kier alpha value is -6.98. The molecule has 0 saturated carbocycles. The summed E-state index contributed by atoms with van der Waals surface area (Å²) < 4.78 is 15.7. The smallest absolute Gasteiger partial charge is 0.254 e. The van der Waals surface area contributed by atoms with Crippen LogP contribution in [0, 0.1) is 16.6 Å². The highest BCUT2D eigenvalue weighted by atomic mass is 19.1. The maximum atomic E-state index is 15.7. The van der Waals surface area contributed by atoms with Crippen molar-refractivity contribution in [3.05, 3.63) is 142 Å². The third-order valence-corrected chi connectivity index (χ3v) is 15.9. The van der Waals surface area contributed by atoms with Gasteiger partial charge in [0.1, 0.15) is 23.9 Å². The number of halogens is 1. The van der Waals surface area contributed by atoms with Gasteiger partial charge < -0.3 is 46.6 Å². The Labute approximate surface area is 459 Å². The molecular weight excluding hydrogens is 990 g/mol. The van der Waals surface area contributed by atoms with Crippen molar-refractivity contribution in [3.8, 4) is 0 Å². The fourth-order valence-electron chi connectivity index (χ4n) is 10.9. The maximum absolute atomic E-state index is 15.7. The lowest BCUT2D eigenvalue weighted by molar-refractivity contribution is -0.144. The van der Waals surface area contributed by atoms with E-state index < -0.39 is 82.7 Å². The molecule has 1 saturated heterocycles. The lowest BCUT2D eigenvalue weighted by Gasteiger charge is -2.44. The molecular formula is C61H80FN9O7. The number of nitrogens with one attached hydrogen (secondary N) is 6. The first-order valence-corrected chi connectivity index (χ1v) is 27.4. The Morgan fingerprint density at radius 1 is 0.667 bits per heavy atom. The van der Waals surface area contributed by atoms with E-state index in [0.717, 1.165) is 41.5 Å². The van der Waals surface area contributed by atoms with Crippen molar-refractivity contribution in [1.82, 2.24) is 46.6 Å². The van der Waals surface area contributed by atoms with Crippen LogP contribution in [0.15, 0.2) is 97.1 Å². The van der Waals surface area contributed by atoms with Crippen LogP contribution < -0.4 is 31.9 Å². The van der Waals surface area contributed by atoms with Gasteiger partial charge in [-0.1, -0.05) is 108 Å². The quantitative estimate of drug-likeness (QED) is 0.0718. The molecule has 4 aromatic carbocycles. The molecule has 9 atom stereocenters. The molecule has 1 aliphatic carbocycles. The van der Waals surface area contributed by atoms with Crippen LogP contribution in [0.3, 0.4) is 0 Å². The molecule has 0 radical (unpaired) electrons. The van der Waals surface area contributed by atoms with Crippen LogP contribution in [-0.4, -0.2) is 126 Å². The fraction of sp³-hybridized carbons (Fsp3) is 0.492. The number of amides is 7. The molecule has 4 aromatic rings. The van der Waals surface area contributed by atoms with Gasteiger partial charge in [-0.05, 0) is 130 Å². The van der Waals surface area contributed by atoms with Gasteiger partial charge in [-0.15, -0.1) is 0 Å². The number of hydrogen-bond donors (Lipinski definition) is 6. The highest BCUT2D eigenvalue weighted by Gasteiger charge is 2.47. The van der Waals surface area contributed by atoms with Gasteiger partial charge in [0.25, 0.3) is 11.8 Å². The minimum absolute atomic E-state index is 0.00153. The van der Waals surface area contributed by atoms with Crippen molar-refractivity contribution in [1.29, 1.82) is 0 Å². The van der Waals surface area contributed by atoms with E-state index in [-0.39, 0.29) is 72.4 Å². The van der Waals surface area contributed by atoms with E-state index in [4.69, 9.17) is 0 Å². The lowest BCUT2D eigenvalue weighted by Crippen LogP contribution is -2.61. The summed E-state index contributed by atoms with van der Waals surface area (Å²) in [5.74, 6) is -3.26. The van der Waals surface area contributed by atoms with Crippen LogP contribution in [0.2, 0.25) is 0 Å². The minimum atomic E-state index is -0.996. The summed E-state index contributed by atoms with van der Waals surface area (Å²) in [6.07, 6.45) is 3.01. The molecule has 3 aliphatic rings. The largest absolute Gasteiger partial charge is 0.347 e. The fourth-order valence-corrected chi connectivity index (χ4v) is 10.9. The third-order valence-electron chi connectivity index (χ3n) is 15.9. The number of rotatable bonds is 17. The molecule has 78 heavy (non-hydrogen) atoms. The van der Waals surface area contributed by atoms with Crippen molar-refractivity contribution >= 4 is 41.4 Å². The molecule has 6 N–H and O–H groups in total. The number of likely N-dealkylation sites (tertiary alicyclic amines) is 1. The van der Waals surface area contributed by atoms with Crippen molar-refractivity contribution in [2.75, 3.05) is 27.2 Å². The number of carbonyl (C=O) groups is 7. The summed E-state index contributed by atoms with van der Waals surface area (Å²) in [6, 6.07) is 21.8. The van der Waals surface area contributed by atoms with E-state index in [1.54, 1.807) is 62.9 Å². The SMILES string of the molecule is CN[C@@H](C)C(=O)N[C@H](C(=O)N1Cc2ccccc2C[C@H]1CN(C(=O)c1ccc(C(=O)N[C@H]2C[C@@H](C(=O)N[C@@H]3CCCc4ccccc43)N(C(=O)[C@@H](NC(=O)[C@H](C)NC)C(C)(C)C)C2)cc1)[C@H](C)c1ccccc1F)C(C)(C)C. The van der Waals surface area contributed by atoms with Crippen molar-refractivity contribution < 1.29 is 38.0 Å². The normalized spacial score (nSPS) is 20.2. The van der Waals surface area contributed by atoms with Crippen LogP contribution >= 0.6 is 0 Å². The zero-order chi connectivity index (χ0) is 56.8. The predicted molar refractivity (Wildman–Crippen MR) is 298 cm³/mol. The van der Waals surface area contributed by atoms with Crippen molar-refractivity contribution in [2.24, 2.45) is 10.8 Å². The summed E-state index contributed by atoms with van der Waals surface area (Å²) in [5, 5.41) is 18.0. The topological polar surface area (TPSA) is 201 Å². The Bertz CT molecular complexity index is 2850. The zero-order valence-electron chi connectivity index (χ0n) is 47.2. The number of aryl methyl sites for hydroxylation is 1. The van der Waals surface area contributed by atoms with Crippen LogP contribution in [0.25, 0.3) is 0 Å². The standard InChI is InChI=1S/C61H80FN9O7/c1-36(63-10)53(72)67-51(60(4,5)6)58(77)70-33-43-21-13-12-20-42(43)31-45(70)35-69(38(3)46-23-16-17-25-48(46)62)57(76)41-29-27-40(28-30-41)55(74)65-44-32-50(56(75)66-49-26-18-22-39-19-14-15-24-47(39)49)71(34-44)59(78)52(61(7,8)9)68-54(73)37(2)64-11/h12-17,19-21,23-25,27-30,36-38,44-45,49-52,63-64H,18,22,26,31-35H2,1-11H3,(H,65,74)(H,66,75)(H,67,72)(H,68,73)/t36-,37-,38+,44-,45-,49+,50-,51+,52+/m0/s1. The van der Waals surface area contributed by atoms with Gasteiger partial charge in [0.05, 0.1) is 30.2 Å². The summed E-state index contributed by atoms with van der Waals surface area (Å²) >= 11 is 0. The number of hydrogen-bond acceptors (Lipinski definition) is 9. The molecule has 0 unspecified atom stereocenters. The molecule has 2 aliphatic heterocycles. The van der Waals surface area contributed by atoms with Crippen molar-refractivity contribution in [3.63, 3.8) is 0 Å². The highest BCUT2D eigenvalue weighted by Crippen LogP contribution is 2.34. The Kier molecular flexibility index (Phi) is 18.6. The van der Waals surface area contributed by atoms with E-state index in [2.05, 4.69) is 38.0 Å². The zero-order valence-corrected chi connectivity index (χ0v) is 47.2. The molecule has 0 spiro atoms. The van der Waals surface area contributed by atoms with E-state index in [1.807, 2.05) is 84.0 Å². The monoisotopic (exact) mass is 1070 g/mol. The second kappa shape index (κ2) is 24.8. The number of fused-ring (bicyclic) bond motifs is 2. The van der Waals surface area contributed by atoms with E-state index in [0.29, 0.717) is 6.42 Å². The first-order valence-electron chi connectivity index (χ1n) is 27.4. The van der Waals surface area contributed by atoms with Crippen molar-refractivity contribution in [2.45, 2.75) is 155 Å². The van der Waals surface area contributed by atoms with Gasteiger partial charge in [-0.25, -0.2) is 4.39 Å². The van der Waals surface area contributed by atoms with Gasteiger partial charge >= 0.3 is 0 Å². The van der Waals surface area contributed by atoms with Gasteiger partial charge in [0.15, 0.2) is 0 Å². The molecule has 17 heteroatoms. The van der Waals surface area contributed by atoms with E-state index in [9.17, 15) is 28.8 Å². The van der Waals surface area contributed by atoms with Gasteiger partial charge in [-0.2, -0.15) is 0 Å². The van der Waals surface area contributed by atoms with Crippen LogP contribution in [0.4, 0.5) is 4.39 Å². The number of benzene rings is 4. The van der Waals surface area contributed by atoms with E-state index >= 15 is 9.18 Å². The Balaban J connectivity index is 1.15. The van der Waals surface area contributed by atoms with Gasteiger partial charge in [0.2, 0.25) is 29.5 Å². The van der Waals surface area contributed by atoms with Crippen LogP contribution in [0.1, 0.15) is 142 Å². The number of nitrogens with zero attached hydrogens (tertiary/aromatic N) is 3.